The average Bonchev–Trinajstić information content (AvgIpc) is 3.18. The van der Waals surface area contributed by atoms with Crippen LogP contribution in [0.5, 0.6) is 0 Å². The number of hydrogen-bond donors (Lipinski definition) is 2. The third kappa shape index (κ3) is 15.8. The van der Waals surface area contributed by atoms with Crippen molar-refractivity contribution in [3.05, 3.63) is 0 Å². The molecule has 0 aromatic carbocycles. The Balaban J connectivity index is 0.000000205. The number of carbonyl (C=O) groups excluding carboxylic acids is 1. The summed E-state index contributed by atoms with van der Waals surface area (Å²) in [6.45, 7) is 4.68. The predicted molar refractivity (Wildman–Crippen MR) is 231 cm³/mol. The molecule has 6 aliphatic rings. The molecule has 0 aromatic rings. The number of aliphatic hydroxyl groups excluding tert-OH is 1. The lowest BCUT2D eigenvalue weighted by Gasteiger charge is -2.46. The molecule has 0 aromatic heterocycles. The molecule has 0 heterocycles. The van der Waals surface area contributed by atoms with E-state index in [1.165, 1.54) is 141 Å². The van der Waals surface area contributed by atoms with Crippen LogP contribution in [0.1, 0.15) is 194 Å². The van der Waals surface area contributed by atoms with Crippen LogP contribution in [0.25, 0.3) is 0 Å². The van der Waals surface area contributed by atoms with E-state index in [9.17, 15) is 15.2 Å². The maximum atomic E-state index is 9.95. The van der Waals surface area contributed by atoms with Gasteiger partial charge in [0, 0.05) is 17.1 Å². The van der Waals surface area contributed by atoms with E-state index in [0.29, 0.717) is 12.3 Å². The maximum absolute atomic E-state index is 9.95. The topological polar surface area (TPSA) is 66.8 Å². The van der Waals surface area contributed by atoms with Gasteiger partial charge in [0.2, 0.25) is 5.24 Å². The molecule has 6 saturated carbocycles. The maximum Gasteiger partial charge on any atom is 0.221 e. The van der Waals surface area contributed by atoms with E-state index in [2.05, 4.69) is 45.7 Å². The average molecular weight is 893 g/mol. The fourth-order valence-corrected chi connectivity index (χ4v) is 13.4. The molecule has 0 radical (unpaired) electrons. The molecule has 9 unspecified atom stereocenters. The minimum atomic E-state index is -0.251. The van der Waals surface area contributed by atoms with Crippen LogP contribution in [-0.2, 0) is 9.68 Å². The predicted octanol–water partition coefficient (Wildman–Crippen LogP) is 14.6. The molecule has 0 amide bonds. The standard InChI is InChI=1S/C23H41BrO2.C19H34O.C4H6BrClO/c1-2-4-17-6-8-18(9-7-17)19-10-11-21-16-22(13-12-20(21)15-19)23(26-25)5-3-14-24;1-2-3-14-4-6-15(7-5-14)16-8-9-18-13-19(20)11-10-17(18)12-16;5-3-1-2-4(6)7/h17-23,25H,2-16H2,1H3;14-20H,2-13H2,1H3;1-3H2. The Labute approximate surface area is 348 Å². The van der Waals surface area contributed by atoms with Gasteiger partial charge in [-0.25, -0.2) is 4.89 Å². The molecule has 53 heavy (non-hydrogen) atoms. The number of alkyl halides is 2. The fraction of sp³-hybridized carbons (Fsp3) is 0.978. The number of carbonyl (C=O) groups is 1. The van der Waals surface area contributed by atoms with Gasteiger partial charge in [0.05, 0.1) is 12.2 Å². The Hall–Kier alpha value is 0.800. The van der Waals surface area contributed by atoms with Crippen LogP contribution < -0.4 is 0 Å². The van der Waals surface area contributed by atoms with Gasteiger partial charge in [0.25, 0.3) is 0 Å². The van der Waals surface area contributed by atoms with Crippen LogP contribution in [0.2, 0.25) is 0 Å². The van der Waals surface area contributed by atoms with Crippen molar-refractivity contribution in [3.8, 4) is 0 Å². The molecule has 0 saturated heterocycles. The summed E-state index contributed by atoms with van der Waals surface area (Å²) in [6.07, 6.45) is 37.6. The van der Waals surface area contributed by atoms with E-state index in [0.717, 1.165) is 102 Å². The Morgan fingerprint density at radius 2 is 1.02 bits per heavy atom. The Morgan fingerprint density at radius 3 is 1.45 bits per heavy atom. The van der Waals surface area contributed by atoms with E-state index in [4.69, 9.17) is 16.5 Å². The molecule has 310 valence electrons. The molecule has 0 aliphatic heterocycles. The lowest BCUT2D eigenvalue weighted by Crippen LogP contribution is -2.37. The SMILES string of the molecule is CCCC1CCC(C2CCC3CC(C(CCCBr)OO)CCC3C2)CC1.CCCC1CCC(C2CCC3CC(O)CCC3C2)CC1.O=C(Cl)CCCBr. The van der Waals surface area contributed by atoms with E-state index < -0.39 is 0 Å². The highest BCUT2D eigenvalue weighted by atomic mass is 79.9. The van der Waals surface area contributed by atoms with Gasteiger partial charge in [-0.15, -0.1) is 0 Å². The summed E-state index contributed by atoms with van der Waals surface area (Å²) in [7, 11) is 0. The van der Waals surface area contributed by atoms with E-state index in [1.807, 2.05) is 0 Å². The molecule has 0 bridgehead atoms. The van der Waals surface area contributed by atoms with Crippen molar-refractivity contribution in [2.75, 3.05) is 10.7 Å². The highest BCUT2D eigenvalue weighted by Gasteiger charge is 2.41. The second kappa shape index (κ2) is 26.0. The number of fused-ring (bicyclic) bond motifs is 2. The normalized spacial score (nSPS) is 37.8. The Morgan fingerprint density at radius 1 is 0.604 bits per heavy atom. The van der Waals surface area contributed by atoms with Crippen LogP contribution in [0.4, 0.5) is 0 Å². The molecule has 2 N–H and O–H groups in total. The highest BCUT2D eigenvalue weighted by molar-refractivity contribution is 9.09. The van der Waals surface area contributed by atoms with Gasteiger partial charge < -0.3 is 5.11 Å². The first kappa shape index (κ1) is 46.5. The van der Waals surface area contributed by atoms with Crippen molar-refractivity contribution in [1.82, 2.24) is 0 Å². The zero-order valence-corrected chi connectivity index (χ0v) is 38.0. The first-order valence-electron chi connectivity index (χ1n) is 23.1. The lowest BCUT2D eigenvalue weighted by molar-refractivity contribution is -0.295. The summed E-state index contributed by atoms with van der Waals surface area (Å²) in [4.78, 5) is 14.8. The minimum Gasteiger partial charge on any atom is -0.393 e. The second-order valence-corrected chi connectivity index (χ2v) is 21.0. The van der Waals surface area contributed by atoms with Gasteiger partial charge in [0.1, 0.15) is 0 Å². The van der Waals surface area contributed by atoms with Crippen molar-refractivity contribution in [2.45, 2.75) is 206 Å². The molecule has 6 aliphatic carbocycles. The second-order valence-electron chi connectivity index (χ2n) is 19.0. The zero-order chi connectivity index (χ0) is 38.0. The Bertz CT molecular complexity index is 969. The first-order valence-corrected chi connectivity index (χ1v) is 25.7. The van der Waals surface area contributed by atoms with Gasteiger partial charge in [-0.1, -0.05) is 97.1 Å². The molecule has 6 fully saturated rings. The molecule has 0 spiro atoms. The molecular formula is C46H81Br2ClO4. The highest BCUT2D eigenvalue weighted by Crippen LogP contribution is 2.51. The largest absolute Gasteiger partial charge is 0.393 e. The van der Waals surface area contributed by atoms with Crippen LogP contribution in [0.3, 0.4) is 0 Å². The first-order chi connectivity index (χ1) is 25.8. The van der Waals surface area contributed by atoms with Crippen molar-refractivity contribution < 1.29 is 20.0 Å². The Kier molecular flexibility index (Phi) is 22.8. The lowest BCUT2D eigenvalue weighted by atomic mass is 9.60. The minimum absolute atomic E-state index is 0.0253. The summed E-state index contributed by atoms with van der Waals surface area (Å²) in [5.41, 5.74) is 0. The van der Waals surface area contributed by atoms with Crippen molar-refractivity contribution in [1.29, 1.82) is 0 Å². The third-order valence-corrected chi connectivity index (χ3v) is 16.9. The smallest absolute Gasteiger partial charge is 0.221 e. The summed E-state index contributed by atoms with van der Waals surface area (Å²) in [6, 6.07) is 0. The number of rotatable bonds is 14. The quantitative estimate of drug-likeness (QED) is 0.0789. The fourth-order valence-electron chi connectivity index (χ4n) is 12.6. The van der Waals surface area contributed by atoms with Crippen LogP contribution in [0.15, 0.2) is 0 Å². The summed E-state index contributed by atoms with van der Waals surface area (Å²) >= 11 is 11.7. The van der Waals surface area contributed by atoms with Gasteiger partial charge >= 0.3 is 0 Å². The molecule has 9 atom stereocenters. The monoisotopic (exact) mass is 890 g/mol. The molecule has 4 nitrogen and oxygen atoms in total. The van der Waals surface area contributed by atoms with E-state index in [-0.39, 0.29) is 17.5 Å². The summed E-state index contributed by atoms with van der Waals surface area (Å²) in [5.74, 6) is 10.5. The zero-order valence-electron chi connectivity index (χ0n) is 34.1. The van der Waals surface area contributed by atoms with Gasteiger partial charge in [-0.3, -0.25) is 10.1 Å². The number of aliphatic hydroxyl groups is 1. The van der Waals surface area contributed by atoms with Crippen LogP contribution >= 0.6 is 43.5 Å². The van der Waals surface area contributed by atoms with Gasteiger partial charge in [-0.05, 0) is 199 Å². The van der Waals surface area contributed by atoms with Crippen molar-refractivity contribution >= 4 is 48.7 Å². The molecule has 7 heteroatoms. The summed E-state index contributed by atoms with van der Waals surface area (Å²) in [5, 5.41) is 20.8. The number of halogens is 3. The van der Waals surface area contributed by atoms with E-state index >= 15 is 0 Å². The molecular weight excluding hydrogens is 812 g/mol. The third-order valence-electron chi connectivity index (χ3n) is 15.6. The van der Waals surface area contributed by atoms with Crippen LogP contribution in [0, 0.1) is 65.1 Å². The van der Waals surface area contributed by atoms with Crippen molar-refractivity contribution in [3.63, 3.8) is 0 Å². The number of hydrogen-bond acceptors (Lipinski definition) is 4. The van der Waals surface area contributed by atoms with Crippen LogP contribution in [-0.4, -0.2) is 38.5 Å². The van der Waals surface area contributed by atoms with E-state index in [1.54, 1.807) is 0 Å². The van der Waals surface area contributed by atoms with Gasteiger partial charge in [-0.2, -0.15) is 0 Å². The summed E-state index contributed by atoms with van der Waals surface area (Å²) < 4.78 is 0. The van der Waals surface area contributed by atoms with Crippen molar-refractivity contribution in [2.24, 2.45) is 65.1 Å². The molecule has 6 rings (SSSR count). The van der Waals surface area contributed by atoms with Gasteiger partial charge in [0.15, 0.2) is 0 Å².